The first-order chi connectivity index (χ1) is 9.67. The summed E-state index contributed by atoms with van der Waals surface area (Å²) in [5, 5.41) is 4.30. The number of hydrogen-bond acceptors (Lipinski definition) is 2. The molecule has 2 aromatic carbocycles. The number of benzene rings is 2. The maximum Gasteiger partial charge on any atom is 0.0533 e. The Hall–Kier alpha value is -1.51. The van der Waals surface area contributed by atoms with E-state index < -0.39 is 0 Å². The van der Waals surface area contributed by atoms with Gasteiger partial charge in [-0.05, 0) is 36.6 Å². The minimum atomic E-state index is -0.147. The van der Waals surface area contributed by atoms with E-state index >= 15 is 0 Å². The second-order valence-corrected chi connectivity index (χ2v) is 5.57. The highest BCUT2D eigenvalue weighted by atomic mass is 35.5. The van der Waals surface area contributed by atoms with Crippen molar-refractivity contribution in [3.05, 3.63) is 65.2 Å². The average Bonchev–Trinajstić information content (AvgIpc) is 2.47. The molecular weight excluding hydrogens is 268 g/mol. The van der Waals surface area contributed by atoms with Crippen LogP contribution in [0.5, 0.6) is 0 Å². The lowest BCUT2D eigenvalue weighted by Crippen LogP contribution is -2.47. The van der Waals surface area contributed by atoms with Crippen molar-refractivity contribution in [2.45, 2.75) is 25.3 Å². The maximum absolute atomic E-state index is 6.06. The lowest BCUT2D eigenvalue weighted by Gasteiger charge is -2.34. The van der Waals surface area contributed by atoms with Gasteiger partial charge in [0.1, 0.15) is 0 Å². The topological polar surface area (TPSA) is 38.0 Å². The van der Waals surface area contributed by atoms with E-state index in [1.165, 1.54) is 5.56 Å². The molecule has 0 amide bonds. The van der Waals surface area contributed by atoms with E-state index in [2.05, 4.69) is 36.5 Å². The predicted octanol–water partition coefficient (Wildman–Crippen LogP) is 4.10. The number of rotatable bonds is 6. The van der Waals surface area contributed by atoms with Gasteiger partial charge in [0, 0.05) is 17.3 Å². The van der Waals surface area contributed by atoms with Crippen LogP contribution in [0.2, 0.25) is 5.02 Å². The fourth-order valence-electron chi connectivity index (χ4n) is 2.38. The molecule has 0 aliphatic carbocycles. The smallest absolute Gasteiger partial charge is 0.0533 e. The highest BCUT2D eigenvalue weighted by Crippen LogP contribution is 2.24. The van der Waals surface area contributed by atoms with Crippen molar-refractivity contribution in [2.24, 2.45) is 5.73 Å². The number of hydrogen-bond donors (Lipinski definition) is 2. The van der Waals surface area contributed by atoms with Crippen LogP contribution in [-0.4, -0.2) is 12.1 Å². The molecule has 0 radical (unpaired) electrons. The SMILES string of the molecule is CCC(CN)(Cc1ccccc1)Nc1cccc(Cl)c1. The van der Waals surface area contributed by atoms with Crippen LogP contribution in [-0.2, 0) is 6.42 Å². The van der Waals surface area contributed by atoms with Gasteiger partial charge in [0.05, 0.1) is 5.54 Å². The van der Waals surface area contributed by atoms with E-state index in [1.807, 2.05) is 30.3 Å². The molecule has 0 aliphatic heterocycles. The van der Waals surface area contributed by atoms with Crippen molar-refractivity contribution < 1.29 is 0 Å². The monoisotopic (exact) mass is 288 g/mol. The largest absolute Gasteiger partial charge is 0.378 e. The zero-order valence-electron chi connectivity index (χ0n) is 11.8. The lowest BCUT2D eigenvalue weighted by molar-refractivity contribution is 0.457. The summed E-state index contributed by atoms with van der Waals surface area (Å²) in [6, 6.07) is 18.2. The molecule has 0 spiro atoms. The van der Waals surface area contributed by atoms with Gasteiger partial charge in [0.2, 0.25) is 0 Å². The summed E-state index contributed by atoms with van der Waals surface area (Å²) in [7, 11) is 0. The molecule has 1 atom stereocenters. The highest BCUT2D eigenvalue weighted by Gasteiger charge is 2.26. The Balaban J connectivity index is 2.21. The average molecular weight is 289 g/mol. The van der Waals surface area contributed by atoms with E-state index in [0.717, 1.165) is 23.6 Å². The van der Waals surface area contributed by atoms with Crippen LogP contribution in [0.15, 0.2) is 54.6 Å². The summed E-state index contributed by atoms with van der Waals surface area (Å²) in [4.78, 5) is 0. The fraction of sp³-hybridized carbons (Fsp3) is 0.294. The molecule has 0 saturated carbocycles. The van der Waals surface area contributed by atoms with Crippen molar-refractivity contribution in [1.29, 1.82) is 0 Å². The van der Waals surface area contributed by atoms with Crippen LogP contribution in [0.4, 0.5) is 5.69 Å². The first-order valence-electron chi connectivity index (χ1n) is 6.95. The number of halogens is 1. The summed E-state index contributed by atoms with van der Waals surface area (Å²) in [6.07, 6.45) is 1.85. The van der Waals surface area contributed by atoms with E-state index in [-0.39, 0.29) is 5.54 Å². The van der Waals surface area contributed by atoms with Gasteiger partial charge in [-0.25, -0.2) is 0 Å². The van der Waals surface area contributed by atoms with Gasteiger partial charge in [0.15, 0.2) is 0 Å². The number of anilines is 1. The molecule has 20 heavy (non-hydrogen) atoms. The van der Waals surface area contributed by atoms with Crippen LogP contribution in [0.3, 0.4) is 0 Å². The highest BCUT2D eigenvalue weighted by molar-refractivity contribution is 6.30. The molecule has 3 N–H and O–H groups in total. The molecule has 2 aromatic rings. The second kappa shape index (κ2) is 6.78. The summed E-state index contributed by atoms with van der Waals surface area (Å²) in [6.45, 7) is 2.73. The molecule has 106 valence electrons. The van der Waals surface area contributed by atoms with E-state index in [1.54, 1.807) is 0 Å². The van der Waals surface area contributed by atoms with Gasteiger partial charge in [-0.1, -0.05) is 54.9 Å². The molecule has 0 aliphatic rings. The summed E-state index contributed by atoms with van der Waals surface area (Å²) < 4.78 is 0. The third-order valence-electron chi connectivity index (χ3n) is 3.69. The molecule has 0 heterocycles. The standard InChI is InChI=1S/C17H21ClN2/c1-2-17(13-19,12-14-7-4-3-5-8-14)20-16-10-6-9-15(18)11-16/h3-11,20H,2,12-13,19H2,1H3. The molecule has 0 bridgehead atoms. The summed E-state index contributed by atoms with van der Waals surface area (Å²) in [5.74, 6) is 0. The Morgan fingerprint density at radius 3 is 2.45 bits per heavy atom. The summed E-state index contributed by atoms with van der Waals surface area (Å²) in [5.41, 5.74) is 8.21. The van der Waals surface area contributed by atoms with E-state index in [0.29, 0.717) is 6.54 Å². The number of nitrogens with two attached hydrogens (primary N) is 1. The van der Waals surface area contributed by atoms with Gasteiger partial charge in [-0.2, -0.15) is 0 Å². The molecule has 0 aromatic heterocycles. The maximum atomic E-state index is 6.06. The molecule has 3 heteroatoms. The van der Waals surface area contributed by atoms with Gasteiger partial charge in [-0.3, -0.25) is 0 Å². The van der Waals surface area contributed by atoms with Crippen molar-refractivity contribution >= 4 is 17.3 Å². The van der Waals surface area contributed by atoms with Crippen LogP contribution in [0.1, 0.15) is 18.9 Å². The Bertz CT molecular complexity index is 536. The normalized spacial score (nSPS) is 13.8. The fourth-order valence-corrected chi connectivity index (χ4v) is 2.57. The molecule has 0 fully saturated rings. The molecule has 2 rings (SSSR count). The van der Waals surface area contributed by atoms with Crippen molar-refractivity contribution in [3.8, 4) is 0 Å². The number of nitrogens with one attached hydrogen (secondary N) is 1. The second-order valence-electron chi connectivity index (χ2n) is 5.14. The quantitative estimate of drug-likeness (QED) is 0.840. The molecule has 2 nitrogen and oxygen atoms in total. The summed E-state index contributed by atoms with van der Waals surface area (Å²) >= 11 is 6.05. The first kappa shape index (κ1) is 14.9. The van der Waals surface area contributed by atoms with Crippen molar-refractivity contribution in [3.63, 3.8) is 0 Å². The zero-order valence-corrected chi connectivity index (χ0v) is 12.5. The van der Waals surface area contributed by atoms with Gasteiger partial charge in [0.25, 0.3) is 0 Å². The van der Waals surface area contributed by atoms with E-state index in [4.69, 9.17) is 17.3 Å². The zero-order chi connectivity index (χ0) is 14.4. The van der Waals surface area contributed by atoms with Crippen LogP contribution >= 0.6 is 11.6 Å². The van der Waals surface area contributed by atoms with Crippen LogP contribution in [0.25, 0.3) is 0 Å². The lowest BCUT2D eigenvalue weighted by atomic mass is 9.88. The molecule has 1 unspecified atom stereocenters. The third kappa shape index (κ3) is 3.75. The Morgan fingerprint density at radius 1 is 1.10 bits per heavy atom. The van der Waals surface area contributed by atoms with Gasteiger partial charge in [-0.15, -0.1) is 0 Å². The van der Waals surface area contributed by atoms with Gasteiger partial charge >= 0.3 is 0 Å². The first-order valence-corrected chi connectivity index (χ1v) is 7.33. The Kier molecular flexibility index (Phi) is 5.05. The van der Waals surface area contributed by atoms with Crippen molar-refractivity contribution in [2.75, 3.05) is 11.9 Å². The molecule has 0 saturated heterocycles. The molecular formula is C17H21ClN2. The van der Waals surface area contributed by atoms with Gasteiger partial charge < -0.3 is 11.1 Å². The van der Waals surface area contributed by atoms with Crippen LogP contribution < -0.4 is 11.1 Å². The minimum absolute atomic E-state index is 0.147. The third-order valence-corrected chi connectivity index (χ3v) is 3.92. The minimum Gasteiger partial charge on any atom is -0.378 e. The Morgan fingerprint density at radius 2 is 1.85 bits per heavy atom. The van der Waals surface area contributed by atoms with E-state index in [9.17, 15) is 0 Å². The van der Waals surface area contributed by atoms with Crippen molar-refractivity contribution in [1.82, 2.24) is 0 Å². The van der Waals surface area contributed by atoms with Crippen LogP contribution in [0, 0.1) is 0 Å². The Labute approximate surface area is 126 Å². The predicted molar refractivity (Wildman–Crippen MR) is 87.3 cm³/mol.